The second kappa shape index (κ2) is 6.46. The summed E-state index contributed by atoms with van der Waals surface area (Å²) in [4.78, 5) is 14.0. The number of halogens is 3. The van der Waals surface area contributed by atoms with E-state index in [1.54, 1.807) is 13.1 Å². The molecule has 3 aromatic rings. The number of carbonyl (C=O) groups excluding carboxylic acids is 1. The van der Waals surface area contributed by atoms with E-state index in [0.717, 1.165) is 5.52 Å². The highest BCUT2D eigenvalue weighted by atomic mass is 19.4. The molecule has 25 heavy (non-hydrogen) atoms. The fraction of sp³-hybridized carbons (Fsp3) is 0.176. The topological polar surface area (TPSA) is 58.2 Å². The second-order valence-corrected chi connectivity index (χ2v) is 5.47. The maximum Gasteiger partial charge on any atom is 0.573 e. The van der Waals surface area contributed by atoms with E-state index in [4.69, 9.17) is 0 Å². The molecule has 5 nitrogen and oxygen atoms in total. The number of carbonyl (C=O) groups is 1. The summed E-state index contributed by atoms with van der Waals surface area (Å²) in [6, 6.07) is 12.6. The van der Waals surface area contributed by atoms with Crippen LogP contribution in [-0.4, -0.2) is 34.4 Å². The van der Waals surface area contributed by atoms with Gasteiger partial charge in [0.25, 0.3) is 5.91 Å². The minimum atomic E-state index is -4.73. The molecule has 130 valence electrons. The van der Waals surface area contributed by atoms with E-state index in [2.05, 4.69) is 14.9 Å². The lowest BCUT2D eigenvalue weighted by Crippen LogP contribution is -2.26. The predicted molar refractivity (Wildman–Crippen MR) is 85.0 cm³/mol. The van der Waals surface area contributed by atoms with Gasteiger partial charge in [0.15, 0.2) is 5.69 Å². The molecule has 0 unspecified atom stereocenters. The Morgan fingerprint density at radius 1 is 1.16 bits per heavy atom. The number of nitrogens with one attached hydrogen (secondary N) is 1. The molecule has 2 aromatic carbocycles. The Kier molecular flexibility index (Phi) is 4.35. The van der Waals surface area contributed by atoms with Crippen molar-refractivity contribution in [3.8, 4) is 5.75 Å². The predicted octanol–water partition coefficient (Wildman–Crippen LogP) is 3.73. The number of ether oxygens (including phenoxy) is 1. The van der Waals surface area contributed by atoms with Gasteiger partial charge in [-0.15, -0.1) is 13.2 Å². The molecule has 0 saturated carbocycles. The van der Waals surface area contributed by atoms with Crippen LogP contribution in [0.3, 0.4) is 0 Å². The lowest BCUT2D eigenvalue weighted by molar-refractivity contribution is -0.274. The Morgan fingerprint density at radius 3 is 2.52 bits per heavy atom. The maximum atomic E-state index is 12.5. The van der Waals surface area contributed by atoms with Crippen molar-refractivity contribution >= 4 is 16.8 Å². The standard InChI is InChI=1S/C17H14F3N3O2/c1-23(10-11-6-8-12(9-7-11)25-17(18,19)20)16(24)15-13-4-2-3-5-14(13)21-22-15/h2-9H,10H2,1H3,(H,21,22). The number of aromatic nitrogens is 2. The van der Waals surface area contributed by atoms with Crippen LogP contribution in [0, 0.1) is 0 Å². The van der Waals surface area contributed by atoms with Gasteiger partial charge in [0.1, 0.15) is 5.75 Å². The minimum absolute atomic E-state index is 0.228. The number of H-pyrrole nitrogens is 1. The van der Waals surface area contributed by atoms with Gasteiger partial charge in [0.05, 0.1) is 5.52 Å². The van der Waals surface area contributed by atoms with Gasteiger partial charge in [0, 0.05) is 19.0 Å². The molecule has 0 spiro atoms. The third-order valence-corrected chi connectivity index (χ3v) is 3.60. The van der Waals surface area contributed by atoms with Crippen molar-refractivity contribution in [2.75, 3.05) is 7.05 Å². The fourth-order valence-corrected chi connectivity index (χ4v) is 2.45. The summed E-state index contributed by atoms with van der Waals surface area (Å²) in [7, 11) is 1.60. The monoisotopic (exact) mass is 349 g/mol. The molecule has 1 aromatic heterocycles. The second-order valence-electron chi connectivity index (χ2n) is 5.47. The number of hydrogen-bond donors (Lipinski definition) is 1. The van der Waals surface area contributed by atoms with Gasteiger partial charge in [-0.25, -0.2) is 0 Å². The van der Waals surface area contributed by atoms with Crippen molar-refractivity contribution in [1.82, 2.24) is 15.1 Å². The number of nitrogens with zero attached hydrogens (tertiary/aromatic N) is 2. The van der Waals surface area contributed by atoms with Gasteiger partial charge >= 0.3 is 6.36 Å². The Balaban J connectivity index is 1.71. The number of amides is 1. The van der Waals surface area contributed by atoms with E-state index >= 15 is 0 Å². The number of hydrogen-bond acceptors (Lipinski definition) is 3. The van der Waals surface area contributed by atoms with Crippen molar-refractivity contribution in [1.29, 1.82) is 0 Å². The molecule has 3 rings (SSSR count). The molecule has 0 radical (unpaired) electrons. The fourth-order valence-electron chi connectivity index (χ4n) is 2.45. The van der Waals surface area contributed by atoms with Gasteiger partial charge in [-0.05, 0) is 23.8 Å². The first-order valence-electron chi connectivity index (χ1n) is 7.37. The molecule has 0 saturated heterocycles. The highest BCUT2D eigenvalue weighted by molar-refractivity contribution is 6.04. The summed E-state index contributed by atoms with van der Waals surface area (Å²) in [5.74, 6) is -0.586. The summed E-state index contributed by atoms with van der Waals surface area (Å²) in [6.45, 7) is 0.228. The average Bonchev–Trinajstić information content (AvgIpc) is 2.98. The summed E-state index contributed by atoms with van der Waals surface area (Å²) >= 11 is 0. The molecule has 1 heterocycles. The van der Waals surface area contributed by atoms with Crippen LogP contribution in [0.1, 0.15) is 16.1 Å². The average molecular weight is 349 g/mol. The van der Waals surface area contributed by atoms with Gasteiger partial charge in [0.2, 0.25) is 0 Å². The zero-order valence-corrected chi connectivity index (χ0v) is 13.2. The van der Waals surface area contributed by atoms with Crippen LogP contribution in [0.2, 0.25) is 0 Å². The summed E-state index contributed by atoms with van der Waals surface area (Å²) < 4.78 is 40.3. The first-order chi connectivity index (χ1) is 11.8. The van der Waals surface area contributed by atoms with Crippen LogP contribution >= 0.6 is 0 Å². The number of rotatable bonds is 4. The van der Waals surface area contributed by atoms with Crippen molar-refractivity contribution in [2.24, 2.45) is 0 Å². The van der Waals surface area contributed by atoms with Crippen molar-refractivity contribution < 1.29 is 22.7 Å². The van der Waals surface area contributed by atoms with Crippen molar-refractivity contribution in [2.45, 2.75) is 12.9 Å². The van der Waals surface area contributed by atoms with E-state index in [0.29, 0.717) is 16.6 Å². The summed E-state index contributed by atoms with van der Waals surface area (Å²) in [6.07, 6.45) is -4.73. The Bertz CT molecular complexity index is 888. The molecule has 0 bridgehead atoms. The van der Waals surface area contributed by atoms with Crippen LogP contribution in [0.5, 0.6) is 5.75 Å². The van der Waals surface area contributed by atoms with Crippen molar-refractivity contribution in [3.63, 3.8) is 0 Å². The van der Waals surface area contributed by atoms with E-state index in [-0.39, 0.29) is 18.2 Å². The maximum absolute atomic E-state index is 12.5. The normalized spacial score (nSPS) is 11.5. The Labute approximate surface area is 141 Å². The van der Waals surface area contributed by atoms with E-state index in [1.165, 1.54) is 29.2 Å². The number of aromatic amines is 1. The first-order valence-corrected chi connectivity index (χ1v) is 7.37. The molecular formula is C17H14F3N3O2. The lowest BCUT2D eigenvalue weighted by atomic mass is 10.1. The van der Waals surface area contributed by atoms with Crippen LogP contribution in [-0.2, 0) is 6.54 Å². The van der Waals surface area contributed by atoms with Crippen LogP contribution in [0.4, 0.5) is 13.2 Å². The molecule has 8 heteroatoms. The molecule has 1 amide bonds. The highest BCUT2D eigenvalue weighted by Gasteiger charge is 2.31. The first kappa shape index (κ1) is 16.8. The zero-order chi connectivity index (χ0) is 18.0. The van der Waals surface area contributed by atoms with Gasteiger partial charge in [-0.1, -0.05) is 30.3 Å². The van der Waals surface area contributed by atoms with Crippen LogP contribution in [0.15, 0.2) is 48.5 Å². The highest BCUT2D eigenvalue weighted by Crippen LogP contribution is 2.23. The number of alkyl halides is 3. The molecule has 1 N–H and O–H groups in total. The largest absolute Gasteiger partial charge is 0.573 e. The smallest absolute Gasteiger partial charge is 0.406 e. The number of para-hydroxylation sites is 1. The van der Waals surface area contributed by atoms with Crippen molar-refractivity contribution in [3.05, 3.63) is 59.8 Å². The van der Waals surface area contributed by atoms with E-state index < -0.39 is 6.36 Å². The van der Waals surface area contributed by atoms with Gasteiger partial charge in [-0.3, -0.25) is 9.89 Å². The molecule has 0 aliphatic rings. The zero-order valence-electron chi connectivity index (χ0n) is 13.2. The quantitative estimate of drug-likeness (QED) is 0.781. The minimum Gasteiger partial charge on any atom is -0.406 e. The number of benzene rings is 2. The Morgan fingerprint density at radius 2 is 1.84 bits per heavy atom. The van der Waals surface area contributed by atoms with Gasteiger partial charge in [-0.2, -0.15) is 5.10 Å². The third kappa shape index (κ3) is 3.90. The van der Waals surface area contributed by atoms with E-state index in [9.17, 15) is 18.0 Å². The van der Waals surface area contributed by atoms with Crippen LogP contribution < -0.4 is 4.74 Å². The number of fused-ring (bicyclic) bond motifs is 1. The van der Waals surface area contributed by atoms with Gasteiger partial charge < -0.3 is 9.64 Å². The molecule has 0 fully saturated rings. The molecular weight excluding hydrogens is 335 g/mol. The SMILES string of the molecule is CN(Cc1ccc(OC(F)(F)F)cc1)C(=O)c1n[nH]c2ccccc12. The molecule has 0 atom stereocenters. The molecule has 0 aliphatic heterocycles. The van der Waals surface area contributed by atoms with E-state index in [1.807, 2.05) is 18.2 Å². The Hall–Kier alpha value is -3.03. The van der Waals surface area contributed by atoms with Crippen LogP contribution in [0.25, 0.3) is 10.9 Å². The lowest BCUT2D eigenvalue weighted by Gasteiger charge is -2.16. The summed E-state index contributed by atoms with van der Waals surface area (Å²) in [5, 5.41) is 7.56. The third-order valence-electron chi connectivity index (χ3n) is 3.60. The molecule has 0 aliphatic carbocycles. The summed E-state index contributed by atoms with van der Waals surface area (Å²) in [5.41, 5.74) is 1.73.